The summed E-state index contributed by atoms with van der Waals surface area (Å²) in [6.07, 6.45) is 3.00. The first-order valence-corrected chi connectivity index (χ1v) is 11.6. The van der Waals surface area contributed by atoms with Crippen LogP contribution < -0.4 is 14.8 Å². The van der Waals surface area contributed by atoms with Crippen LogP contribution in [0, 0.1) is 12.8 Å². The highest BCUT2D eigenvalue weighted by atomic mass is 79.9. The lowest BCUT2D eigenvalue weighted by Gasteiger charge is -2.43. The van der Waals surface area contributed by atoms with E-state index in [1.807, 2.05) is 31.2 Å². The van der Waals surface area contributed by atoms with Crippen molar-refractivity contribution in [3.63, 3.8) is 0 Å². The number of nitrogens with zero attached hydrogens (tertiary/aromatic N) is 1. The summed E-state index contributed by atoms with van der Waals surface area (Å²) in [5.41, 5.74) is 3.19. The summed E-state index contributed by atoms with van der Waals surface area (Å²) in [6, 6.07) is 12.3. The van der Waals surface area contributed by atoms with Gasteiger partial charge >= 0.3 is 0 Å². The number of aryl methyl sites for hydroxylation is 1. The normalized spacial score (nSPS) is 25.7. The number of likely N-dealkylation sites (N-methyl/N-ethyl adjacent to an activating group) is 1. The lowest BCUT2D eigenvalue weighted by molar-refractivity contribution is 0.0904. The van der Waals surface area contributed by atoms with Gasteiger partial charge in [0.15, 0.2) is 11.5 Å². The van der Waals surface area contributed by atoms with E-state index in [9.17, 15) is 4.79 Å². The number of rotatable bonds is 5. The van der Waals surface area contributed by atoms with Crippen LogP contribution in [0.2, 0.25) is 0 Å². The van der Waals surface area contributed by atoms with Crippen molar-refractivity contribution in [1.82, 2.24) is 10.2 Å². The Hall–Kier alpha value is -2.05. The van der Waals surface area contributed by atoms with Crippen molar-refractivity contribution in [2.24, 2.45) is 5.92 Å². The monoisotopic (exact) mass is 486 g/mol. The number of hydrogen-bond acceptors (Lipinski definition) is 4. The number of likely N-dealkylation sites (tertiary alicyclic amines) is 1. The Balaban J connectivity index is 1.53. The van der Waals surface area contributed by atoms with Crippen molar-refractivity contribution < 1.29 is 14.3 Å². The molecule has 1 heterocycles. The van der Waals surface area contributed by atoms with Crippen molar-refractivity contribution in [3.05, 3.63) is 57.6 Å². The van der Waals surface area contributed by atoms with Crippen molar-refractivity contribution >= 4 is 21.8 Å². The number of ether oxygens (including phenoxy) is 2. The highest BCUT2D eigenvalue weighted by molar-refractivity contribution is 9.10. The smallest absolute Gasteiger partial charge is 0.251 e. The van der Waals surface area contributed by atoms with Gasteiger partial charge in [-0.1, -0.05) is 22.0 Å². The average Bonchev–Trinajstić information content (AvgIpc) is 3.11. The zero-order valence-electron chi connectivity index (χ0n) is 18.7. The molecule has 4 rings (SSSR count). The van der Waals surface area contributed by atoms with Gasteiger partial charge in [-0.2, -0.15) is 0 Å². The van der Waals surface area contributed by atoms with E-state index in [0.29, 0.717) is 5.92 Å². The lowest BCUT2D eigenvalue weighted by atomic mass is 9.63. The van der Waals surface area contributed by atoms with Crippen LogP contribution in [0.4, 0.5) is 0 Å². The average molecular weight is 487 g/mol. The second-order valence-electron chi connectivity index (χ2n) is 9.03. The minimum absolute atomic E-state index is 0.0190. The topological polar surface area (TPSA) is 50.8 Å². The Bertz CT molecular complexity index is 979. The third-order valence-electron chi connectivity index (χ3n) is 7.09. The van der Waals surface area contributed by atoms with E-state index in [2.05, 4.69) is 45.3 Å². The molecule has 5 nitrogen and oxygen atoms in total. The van der Waals surface area contributed by atoms with Crippen LogP contribution in [0.3, 0.4) is 0 Å². The van der Waals surface area contributed by atoms with Gasteiger partial charge in [-0.3, -0.25) is 4.79 Å². The number of carbonyl (C=O) groups excluding carboxylic acids is 1. The van der Waals surface area contributed by atoms with Gasteiger partial charge in [0.1, 0.15) is 0 Å². The molecule has 1 saturated carbocycles. The third-order valence-corrected chi connectivity index (χ3v) is 7.98. The third kappa shape index (κ3) is 4.20. The molecule has 2 fully saturated rings. The molecule has 1 amide bonds. The van der Waals surface area contributed by atoms with Gasteiger partial charge in [0, 0.05) is 34.6 Å². The molecule has 166 valence electrons. The highest BCUT2D eigenvalue weighted by Gasteiger charge is 2.50. The fourth-order valence-electron chi connectivity index (χ4n) is 5.51. The minimum Gasteiger partial charge on any atom is -0.493 e. The van der Waals surface area contributed by atoms with Gasteiger partial charge in [-0.05, 0) is 80.6 Å². The number of halogens is 1. The molecule has 2 aromatic carbocycles. The van der Waals surface area contributed by atoms with Crippen molar-refractivity contribution in [2.45, 2.75) is 37.6 Å². The van der Waals surface area contributed by atoms with E-state index in [0.717, 1.165) is 59.5 Å². The quantitative estimate of drug-likeness (QED) is 0.672. The van der Waals surface area contributed by atoms with Crippen molar-refractivity contribution in [2.75, 3.05) is 34.4 Å². The van der Waals surface area contributed by atoms with Crippen molar-refractivity contribution in [3.8, 4) is 11.5 Å². The molecular formula is C25H31BrN2O3. The van der Waals surface area contributed by atoms with Crippen LogP contribution in [0.25, 0.3) is 0 Å². The van der Waals surface area contributed by atoms with E-state index in [1.165, 1.54) is 5.56 Å². The second kappa shape index (κ2) is 8.83. The van der Waals surface area contributed by atoms with E-state index in [1.54, 1.807) is 14.2 Å². The number of amides is 1. The molecule has 1 saturated heterocycles. The summed E-state index contributed by atoms with van der Waals surface area (Å²) in [5, 5.41) is 3.30. The molecule has 0 radical (unpaired) electrons. The molecule has 6 heteroatoms. The zero-order chi connectivity index (χ0) is 22.2. The largest absolute Gasteiger partial charge is 0.493 e. The molecule has 0 bridgehead atoms. The predicted octanol–water partition coefficient (Wildman–Crippen LogP) is 4.56. The Morgan fingerprint density at radius 1 is 1.16 bits per heavy atom. The van der Waals surface area contributed by atoms with Gasteiger partial charge < -0.3 is 19.7 Å². The first kappa shape index (κ1) is 22.2. The highest BCUT2D eigenvalue weighted by Crippen LogP contribution is 2.49. The number of methoxy groups -OCH3 is 2. The van der Waals surface area contributed by atoms with Crippen LogP contribution in [-0.4, -0.2) is 51.2 Å². The first-order chi connectivity index (χ1) is 14.9. The van der Waals surface area contributed by atoms with Gasteiger partial charge in [0.2, 0.25) is 0 Å². The summed E-state index contributed by atoms with van der Waals surface area (Å²) >= 11 is 3.51. The van der Waals surface area contributed by atoms with E-state index >= 15 is 0 Å². The number of carbonyl (C=O) groups is 1. The van der Waals surface area contributed by atoms with E-state index in [-0.39, 0.29) is 17.4 Å². The van der Waals surface area contributed by atoms with Crippen molar-refractivity contribution in [1.29, 1.82) is 0 Å². The standard InChI is InChI=1S/C25H31BrN2O3/c1-16-11-17(5-7-21(16)26)24(29)27-20-9-10-25(15-28(2)14-19(25)12-20)18-6-8-22(30-3)23(13-18)31-4/h5-8,11,13,19-20H,9-10,12,14-15H2,1-4H3,(H,27,29). The second-order valence-corrected chi connectivity index (χ2v) is 9.88. The van der Waals surface area contributed by atoms with Gasteiger partial charge in [0.25, 0.3) is 5.91 Å². The molecular weight excluding hydrogens is 456 g/mol. The zero-order valence-corrected chi connectivity index (χ0v) is 20.3. The molecule has 2 aliphatic rings. The maximum absolute atomic E-state index is 12.9. The first-order valence-electron chi connectivity index (χ1n) is 10.8. The Labute approximate surface area is 193 Å². The molecule has 1 aliphatic carbocycles. The molecule has 31 heavy (non-hydrogen) atoms. The molecule has 0 spiro atoms. The minimum atomic E-state index is 0.0190. The Morgan fingerprint density at radius 2 is 1.94 bits per heavy atom. The van der Waals surface area contributed by atoms with Gasteiger partial charge in [-0.25, -0.2) is 0 Å². The van der Waals surface area contributed by atoms with Crippen LogP contribution in [0.5, 0.6) is 11.5 Å². The van der Waals surface area contributed by atoms with E-state index in [4.69, 9.17) is 9.47 Å². The Kier molecular flexibility index (Phi) is 6.31. The fraction of sp³-hybridized carbons (Fsp3) is 0.480. The number of benzene rings is 2. The number of nitrogens with one attached hydrogen (secondary N) is 1. The van der Waals surface area contributed by atoms with Crippen LogP contribution in [0.15, 0.2) is 40.9 Å². The maximum atomic E-state index is 12.9. The van der Waals surface area contributed by atoms with Gasteiger partial charge in [-0.15, -0.1) is 0 Å². The molecule has 1 N–H and O–H groups in total. The number of hydrogen-bond donors (Lipinski definition) is 1. The summed E-state index contributed by atoms with van der Waals surface area (Å²) in [6.45, 7) is 4.07. The summed E-state index contributed by atoms with van der Waals surface area (Å²) < 4.78 is 12.0. The van der Waals surface area contributed by atoms with Crippen LogP contribution in [0.1, 0.15) is 40.7 Å². The molecule has 1 aliphatic heterocycles. The molecule has 3 unspecified atom stereocenters. The van der Waals surface area contributed by atoms with Gasteiger partial charge in [0.05, 0.1) is 14.2 Å². The molecule has 2 aromatic rings. The maximum Gasteiger partial charge on any atom is 0.251 e. The summed E-state index contributed by atoms with van der Waals surface area (Å²) in [7, 11) is 5.55. The Morgan fingerprint density at radius 3 is 2.65 bits per heavy atom. The predicted molar refractivity (Wildman–Crippen MR) is 126 cm³/mol. The fourth-order valence-corrected chi connectivity index (χ4v) is 5.75. The van der Waals surface area contributed by atoms with E-state index < -0.39 is 0 Å². The lowest BCUT2D eigenvalue weighted by Crippen LogP contribution is -2.47. The van der Waals surface area contributed by atoms with Crippen LogP contribution in [-0.2, 0) is 5.41 Å². The van der Waals surface area contributed by atoms with Crippen LogP contribution >= 0.6 is 15.9 Å². The molecule has 0 aromatic heterocycles. The SMILES string of the molecule is COc1ccc(C23CCC(NC(=O)c4ccc(Br)c(C)c4)CC2CN(C)C3)cc1OC. The summed E-state index contributed by atoms with van der Waals surface area (Å²) in [5.74, 6) is 2.05. The number of fused-ring (bicyclic) bond motifs is 1. The summed E-state index contributed by atoms with van der Waals surface area (Å²) in [4.78, 5) is 15.3. The molecule has 3 atom stereocenters.